The molecule has 3 heteroatoms. The van der Waals surface area contributed by atoms with Gasteiger partial charge >= 0.3 is 0 Å². The van der Waals surface area contributed by atoms with E-state index in [0.29, 0.717) is 18.9 Å². The van der Waals surface area contributed by atoms with E-state index in [4.69, 9.17) is 0 Å². The molecular formula is C11H12N2O. The third-order valence-corrected chi connectivity index (χ3v) is 2.94. The molecule has 3 heterocycles. The minimum Gasteiger partial charge on any atom is -0.361 e. The molecule has 0 atom stereocenters. The van der Waals surface area contributed by atoms with Crippen molar-refractivity contribution in [3.05, 3.63) is 24.3 Å². The molecule has 1 aromatic carbocycles. The number of para-hydroxylation sites is 2. The van der Waals surface area contributed by atoms with Crippen LogP contribution >= 0.6 is 0 Å². The monoisotopic (exact) mass is 188 g/mol. The minimum atomic E-state index is 0.318. The van der Waals surface area contributed by atoms with Crippen molar-refractivity contribution in [1.82, 2.24) is 0 Å². The highest BCUT2D eigenvalue weighted by atomic mass is 16.1. The highest BCUT2D eigenvalue weighted by Gasteiger charge is 2.28. The molecule has 0 N–H and O–H groups in total. The zero-order valence-electron chi connectivity index (χ0n) is 7.94. The Balaban J connectivity index is 2.15. The van der Waals surface area contributed by atoms with E-state index in [1.54, 1.807) is 0 Å². The minimum absolute atomic E-state index is 0.318. The molecule has 0 saturated carbocycles. The molecule has 3 nitrogen and oxygen atoms in total. The molecule has 2 bridgehead atoms. The van der Waals surface area contributed by atoms with Crippen molar-refractivity contribution < 1.29 is 4.79 Å². The van der Waals surface area contributed by atoms with Crippen LogP contribution in [0.15, 0.2) is 24.3 Å². The fourth-order valence-electron chi connectivity index (χ4n) is 2.29. The lowest BCUT2D eigenvalue weighted by Crippen LogP contribution is -2.36. The number of ketones is 1. The second kappa shape index (κ2) is 2.74. The lowest BCUT2D eigenvalue weighted by atomic mass is 10.2. The molecule has 0 amide bonds. The summed E-state index contributed by atoms with van der Waals surface area (Å²) in [5.41, 5.74) is 2.43. The van der Waals surface area contributed by atoms with E-state index in [9.17, 15) is 4.79 Å². The molecule has 4 rings (SSSR count). The zero-order valence-corrected chi connectivity index (χ0v) is 7.94. The van der Waals surface area contributed by atoms with Gasteiger partial charge in [-0.05, 0) is 12.1 Å². The van der Waals surface area contributed by atoms with Crippen molar-refractivity contribution in [2.45, 2.75) is 0 Å². The summed E-state index contributed by atoms with van der Waals surface area (Å²) in [6.07, 6.45) is 0. The summed E-state index contributed by atoms with van der Waals surface area (Å²) in [6.45, 7) is 3.10. The summed E-state index contributed by atoms with van der Waals surface area (Å²) >= 11 is 0. The number of hydrogen-bond donors (Lipinski definition) is 0. The first-order chi connectivity index (χ1) is 6.84. The number of Topliss-reactive ketones (excluding diaryl/α,β-unsaturated/α-hetero) is 1. The average Bonchev–Trinajstić information content (AvgIpc) is 2.47. The van der Waals surface area contributed by atoms with Gasteiger partial charge in [0.15, 0.2) is 5.78 Å². The van der Waals surface area contributed by atoms with Crippen LogP contribution in [0.3, 0.4) is 0 Å². The van der Waals surface area contributed by atoms with Gasteiger partial charge in [-0.1, -0.05) is 12.1 Å². The number of fused-ring (bicyclic) bond motifs is 3. The molecule has 1 saturated heterocycles. The van der Waals surface area contributed by atoms with Gasteiger partial charge in [0.05, 0.1) is 24.5 Å². The smallest absolute Gasteiger partial charge is 0.171 e. The van der Waals surface area contributed by atoms with Gasteiger partial charge in [-0.25, -0.2) is 0 Å². The van der Waals surface area contributed by atoms with Gasteiger partial charge in [0.1, 0.15) is 0 Å². The second-order valence-corrected chi connectivity index (χ2v) is 3.87. The fourth-order valence-corrected chi connectivity index (χ4v) is 2.29. The van der Waals surface area contributed by atoms with Crippen LogP contribution in [0.4, 0.5) is 11.4 Å². The van der Waals surface area contributed by atoms with Gasteiger partial charge in [0.2, 0.25) is 0 Å². The lowest BCUT2D eigenvalue weighted by Gasteiger charge is -2.33. The van der Waals surface area contributed by atoms with Crippen LogP contribution in [0, 0.1) is 0 Å². The first-order valence-electron chi connectivity index (χ1n) is 4.95. The van der Waals surface area contributed by atoms with Gasteiger partial charge in [-0.2, -0.15) is 0 Å². The van der Waals surface area contributed by atoms with Gasteiger partial charge in [0.25, 0.3) is 0 Å². The van der Waals surface area contributed by atoms with Gasteiger partial charge in [-0.3, -0.25) is 4.79 Å². The van der Waals surface area contributed by atoms with Crippen molar-refractivity contribution in [1.29, 1.82) is 0 Å². The van der Waals surface area contributed by atoms with Crippen LogP contribution < -0.4 is 9.80 Å². The average molecular weight is 188 g/mol. The molecule has 0 aliphatic carbocycles. The van der Waals surface area contributed by atoms with E-state index in [-0.39, 0.29) is 0 Å². The maximum Gasteiger partial charge on any atom is 0.171 e. The predicted molar refractivity (Wildman–Crippen MR) is 55.9 cm³/mol. The number of carbonyl (C=O) groups excluding carboxylic acids is 1. The SMILES string of the molecule is O=C1CN2CCN(C1)c1ccccc12. The zero-order chi connectivity index (χ0) is 9.54. The van der Waals surface area contributed by atoms with Gasteiger partial charge < -0.3 is 9.80 Å². The molecule has 1 fully saturated rings. The molecule has 3 aliphatic rings. The number of nitrogens with zero attached hydrogens (tertiary/aromatic N) is 2. The summed E-state index contributed by atoms with van der Waals surface area (Å²) in [5.74, 6) is 0.318. The number of carbonyl (C=O) groups is 1. The molecule has 14 heavy (non-hydrogen) atoms. The predicted octanol–water partition coefficient (Wildman–Crippen LogP) is 0.896. The number of rotatable bonds is 0. The maximum absolute atomic E-state index is 11.5. The Kier molecular flexibility index (Phi) is 1.54. The third-order valence-electron chi connectivity index (χ3n) is 2.94. The summed E-state index contributed by atoms with van der Waals surface area (Å²) in [7, 11) is 0. The van der Waals surface area contributed by atoms with Crippen LogP contribution in [0.2, 0.25) is 0 Å². The van der Waals surface area contributed by atoms with Crippen molar-refractivity contribution in [2.24, 2.45) is 0 Å². The highest BCUT2D eigenvalue weighted by molar-refractivity contribution is 5.93. The van der Waals surface area contributed by atoms with Crippen LogP contribution in [-0.2, 0) is 4.79 Å². The van der Waals surface area contributed by atoms with Crippen molar-refractivity contribution in [2.75, 3.05) is 36.0 Å². The molecule has 0 aromatic heterocycles. The van der Waals surface area contributed by atoms with Crippen molar-refractivity contribution in [3.63, 3.8) is 0 Å². The van der Waals surface area contributed by atoms with E-state index in [1.807, 2.05) is 12.1 Å². The second-order valence-electron chi connectivity index (χ2n) is 3.87. The molecule has 0 unspecified atom stereocenters. The molecule has 0 radical (unpaired) electrons. The highest BCUT2D eigenvalue weighted by Crippen LogP contribution is 2.34. The lowest BCUT2D eigenvalue weighted by molar-refractivity contribution is -0.116. The normalized spacial score (nSPS) is 19.6. The molecule has 0 spiro atoms. The first-order valence-corrected chi connectivity index (χ1v) is 4.95. The van der Waals surface area contributed by atoms with Crippen LogP contribution in [0.5, 0.6) is 0 Å². The Hall–Kier alpha value is -1.51. The molecule has 72 valence electrons. The Labute approximate surface area is 82.9 Å². The summed E-state index contributed by atoms with van der Waals surface area (Å²) in [5, 5.41) is 0. The standard InChI is InChI=1S/C11H12N2O/c14-9-7-12-5-6-13(8-9)11-4-2-1-3-10(11)12/h1-4H,5-8H2. The largest absolute Gasteiger partial charge is 0.361 e. The van der Waals surface area contributed by atoms with Crippen LogP contribution in [0.25, 0.3) is 0 Å². The van der Waals surface area contributed by atoms with Crippen molar-refractivity contribution >= 4 is 17.2 Å². The van der Waals surface area contributed by atoms with E-state index < -0.39 is 0 Å². The Morgan fingerprint density at radius 1 is 0.929 bits per heavy atom. The van der Waals surface area contributed by atoms with Crippen molar-refractivity contribution in [3.8, 4) is 0 Å². The Morgan fingerprint density at radius 2 is 1.43 bits per heavy atom. The van der Waals surface area contributed by atoms with E-state index >= 15 is 0 Å². The van der Waals surface area contributed by atoms with E-state index in [0.717, 1.165) is 13.1 Å². The van der Waals surface area contributed by atoms with E-state index in [2.05, 4.69) is 21.9 Å². The van der Waals surface area contributed by atoms with Crippen LogP contribution in [0.1, 0.15) is 0 Å². The maximum atomic E-state index is 11.5. The van der Waals surface area contributed by atoms with Crippen LogP contribution in [-0.4, -0.2) is 32.0 Å². The Morgan fingerprint density at radius 3 is 1.93 bits per heavy atom. The number of anilines is 2. The number of benzene rings is 1. The quantitative estimate of drug-likeness (QED) is 0.604. The molecular weight excluding hydrogens is 176 g/mol. The van der Waals surface area contributed by atoms with Gasteiger partial charge in [-0.15, -0.1) is 0 Å². The molecule has 3 aliphatic heterocycles. The first kappa shape index (κ1) is 7.85. The fraction of sp³-hybridized carbons (Fsp3) is 0.364. The summed E-state index contributed by atoms with van der Waals surface area (Å²) in [6, 6.07) is 8.26. The number of hydrogen-bond acceptors (Lipinski definition) is 3. The third kappa shape index (κ3) is 1.02. The summed E-state index contributed by atoms with van der Waals surface area (Å²) < 4.78 is 0. The van der Waals surface area contributed by atoms with Gasteiger partial charge in [0, 0.05) is 13.1 Å². The van der Waals surface area contributed by atoms with E-state index in [1.165, 1.54) is 11.4 Å². The molecule has 1 aromatic rings. The topological polar surface area (TPSA) is 23.6 Å². The summed E-state index contributed by atoms with van der Waals surface area (Å²) in [4.78, 5) is 15.9. The Bertz CT molecular complexity index is 354.